The van der Waals surface area contributed by atoms with E-state index in [0.29, 0.717) is 30.8 Å². The Hall–Kier alpha value is -2.70. The molecule has 1 unspecified atom stereocenters. The first-order valence-corrected chi connectivity index (χ1v) is 10.7. The predicted octanol–water partition coefficient (Wildman–Crippen LogP) is 3.85. The predicted molar refractivity (Wildman–Crippen MR) is 114 cm³/mol. The number of para-hydroxylation sites is 1. The van der Waals surface area contributed by atoms with Gasteiger partial charge in [0.2, 0.25) is 11.7 Å². The average Bonchev–Trinajstić information content (AvgIpc) is 3.25. The smallest absolute Gasteiger partial charge is 0.240 e. The summed E-state index contributed by atoms with van der Waals surface area (Å²) in [6.45, 7) is 2.81. The van der Waals surface area contributed by atoms with Gasteiger partial charge in [0.15, 0.2) is 6.61 Å². The lowest BCUT2D eigenvalue weighted by Gasteiger charge is -2.33. The minimum absolute atomic E-state index is 0.238. The third kappa shape index (κ3) is 5.90. The fraction of sp³-hybridized carbons (Fsp3) is 0.417. The standard InChI is InChI=1S/C24H29N3O3/c28-22(12-11-19-7-3-1-4-8-19)20-13-15-27(16-14-20)17-24-25-23(26-30-24)18-29-21-9-5-2-6-10-21/h1-10,20,22,28H,11-18H2. The summed E-state index contributed by atoms with van der Waals surface area (Å²) in [5, 5.41) is 14.6. The monoisotopic (exact) mass is 407 g/mol. The minimum atomic E-state index is -0.238. The third-order valence-electron chi connectivity index (χ3n) is 5.73. The van der Waals surface area contributed by atoms with Gasteiger partial charge >= 0.3 is 0 Å². The Morgan fingerprint density at radius 2 is 1.73 bits per heavy atom. The number of aliphatic hydroxyl groups excluding tert-OH is 1. The van der Waals surface area contributed by atoms with E-state index in [1.165, 1.54) is 5.56 Å². The molecular weight excluding hydrogens is 378 g/mol. The summed E-state index contributed by atoms with van der Waals surface area (Å²) in [4.78, 5) is 6.76. The molecule has 0 bridgehead atoms. The first kappa shape index (κ1) is 20.6. The van der Waals surface area contributed by atoms with Gasteiger partial charge in [-0.1, -0.05) is 53.7 Å². The highest BCUT2D eigenvalue weighted by Crippen LogP contribution is 2.24. The van der Waals surface area contributed by atoms with Crippen LogP contribution in [0, 0.1) is 5.92 Å². The van der Waals surface area contributed by atoms with Crippen LogP contribution in [-0.2, 0) is 19.6 Å². The van der Waals surface area contributed by atoms with Gasteiger partial charge in [0, 0.05) is 0 Å². The van der Waals surface area contributed by atoms with Gasteiger partial charge in [0.25, 0.3) is 0 Å². The normalized spacial score (nSPS) is 16.4. The number of ether oxygens (including phenoxy) is 1. The molecule has 1 aliphatic rings. The molecule has 1 aliphatic heterocycles. The molecule has 3 aromatic rings. The molecular formula is C24H29N3O3. The molecule has 6 nitrogen and oxygen atoms in total. The van der Waals surface area contributed by atoms with Crippen molar-refractivity contribution in [2.24, 2.45) is 5.92 Å². The van der Waals surface area contributed by atoms with Crippen LogP contribution in [0.1, 0.15) is 36.5 Å². The van der Waals surface area contributed by atoms with Crippen molar-refractivity contribution in [2.45, 2.75) is 44.9 Å². The molecule has 1 fully saturated rings. The topological polar surface area (TPSA) is 71.6 Å². The molecule has 1 atom stereocenters. The van der Waals surface area contributed by atoms with Crippen molar-refractivity contribution in [1.82, 2.24) is 15.0 Å². The second-order valence-corrected chi connectivity index (χ2v) is 7.91. The second kappa shape index (κ2) is 10.4. The fourth-order valence-corrected chi connectivity index (χ4v) is 3.96. The summed E-state index contributed by atoms with van der Waals surface area (Å²) < 4.78 is 11.0. The fourth-order valence-electron chi connectivity index (χ4n) is 3.96. The molecule has 1 aromatic heterocycles. The van der Waals surface area contributed by atoms with Gasteiger partial charge in [-0.25, -0.2) is 0 Å². The number of aryl methyl sites for hydroxylation is 1. The van der Waals surface area contributed by atoms with Gasteiger partial charge in [-0.15, -0.1) is 0 Å². The van der Waals surface area contributed by atoms with Crippen LogP contribution in [-0.4, -0.2) is 39.3 Å². The maximum absolute atomic E-state index is 10.6. The van der Waals surface area contributed by atoms with Crippen LogP contribution < -0.4 is 4.74 Å². The maximum Gasteiger partial charge on any atom is 0.240 e. The number of nitrogens with zero attached hydrogens (tertiary/aromatic N) is 3. The van der Waals surface area contributed by atoms with Crippen molar-refractivity contribution in [1.29, 1.82) is 0 Å². The van der Waals surface area contributed by atoms with Crippen LogP contribution in [0.5, 0.6) is 5.75 Å². The van der Waals surface area contributed by atoms with Gasteiger partial charge in [-0.05, 0) is 62.4 Å². The van der Waals surface area contributed by atoms with E-state index in [0.717, 1.165) is 44.5 Å². The summed E-state index contributed by atoms with van der Waals surface area (Å²) in [5.41, 5.74) is 1.29. The summed E-state index contributed by atoms with van der Waals surface area (Å²) in [6, 6.07) is 20.0. The maximum atomic E-state index is 10.6. The molecule has 1 saturated heterocycles. The van der Waals surface area contributed by atoms with Crippen LogP contribution in [0.25, 0.3) is 0 Å². The zero-order chi connectivity index (χ0) is 20.6. The summed E-state index contributed by atoms with van der Waals surface area (Å²) in [6.07, 6.45) is 3.50. The Kier molecular flexibility index (Phi) is 7.11. The van der Waals surface area contributed by atoms with E-state index in [1.54, 1.807) is 0 Å². The number of piperidine rings is 1. The second-order valence-electron chi connectivity index (χ2n) is 7.91. The van der Waals surface area contributed by atoms with Gasteiger partial charge < -0.3 is 14.4 Å². The van der Waals surface area contributed by atoms with Crippen LogP contribution in [0.4, 0.5) is 0 Å². The zero-order valence-electron chi connectivity index (χ0n) is 17.2. The van der Waals surface area contributed by atoms with E-state index in [1.807, 2.05) is 36.4 Å². The summed E-state index contributed by atoms with van der Waals surface area (Å²) >= 11 is 0. The molecule has 158 valence electrons. The van der Waals surface area contributed by atoms with Gasteiger partial charge in [-0.3, -0.25) is 4.90 Å². The Balaban J connectivity index is 1.18. The lowest BCUT2D eigenvalue weighted by atomic mass is 9.88. The SMILES string of the molecule is OC(CCc1ccccc1)C1CCN(Cc2nc(COc3ccccc3)no2)CC1. The Morgan fingerprint density at radius 1 is 1.03 bits per heavy atom. The van der Waals surface area contributed by atoms with Gasteiger partial charge in [-0.2, -0.15) is 4.98 Å². The lowest BCUT2D eigenvalue weighted by molar-refractivity contribution is 0.0492. The molecule has 30 heavy (non-hydrogen) atoms. The number of aliphatic hydroxyl groups is 1. The molecule has 4 rings (SSSR count). The number of hydrogen-bond donors (Lipinski definition) is 1. The summed E-state index contributed by atoms with van der Waals surface area (Å²) in [7, 11) is 0. The Morgan fingerprint density at radius 3 is 2.47 bits per heavy atom. The van der Waals surface area contributed by atoms with E-state index in [9.17, 15) is 5.11 Å². The van der Waals surface area contributed by atoms with Crippen molar-refractivity contribution < 1.29 is 14.4 Å². The molecule has 0 saturated carbocycles. The number of rotatable bonds is 9. The van der Waals surface area contributed by atoms with Crippen LogP contribution >= 0.6 is 0 Å². The van der Waals surface area contributed by atoms with Crippen molar-refractivity contribution in [3.05, 3.63) is 77.9 Å². The molecule has 0 spiro atoms. The van der Waals surface area contributed by atoms with Gasteiger partial charge in [0.05, 0.1) is 12.6 Å². The number of likely N-dealkylation sites (tertiary alicyclic amines) is 1. The highest BCUT2D eigenvalue weighted by Gasteiger charge is 2.26. The van der Waals surface area contributed by atoms with E-state index in [4.69, 9.17) is 9.26 Å². The molecule has 2 heterocycles. The van der Waals surface area contributed by atoms with E-state index < -0.39 is 0 Å². The molecule has 6 heteroatoms. The Labute approximate surface area is 177 Å². The van der Waals surface area contributed by atoms with E-state index in [2.05, 4.69) is 39.3 Å². The summed E-state index contributed by atoms with van der Waals surface area (Å²) in [5.74, 6) is 2.32. The molecule has 1 N–H and O–H groups in total. The highest BCUT2D eigenvalue weighted by atomic mass is 16.5. The van der Waals surface area contributed by atoms with Crippen LogP contribution in [0.3, 0.4) is 0 Å². The number of hydrogen-bond acceptors (Lipinski definition) is 6. The zero-order valence-corrected chi connectivity index (χ0v) is 17.2. The van der Waals surface area contributed by atoms with Crippen molar-refractivity contribution in [3.8, 4) is 5.75 Å². The number of aromatic nitrogens is 2. The third-order valence-corrected chi connectivity index (χ3v) is 5.73. The van der Waals surface area contributed by atoms with Crippen LogP contribution in [0.2, 0.25) is 0 Å². The first-order chi connectivity index (χ1) is 14.8. The number of benzene rings is 2. The van der Waals surface area contributed by atoms with Crippen LogP contribution in [0.15, 0.2) is 65.2 Å². The van der Waals surface area contributed by atoms with Crippen molar-refractivity contribution in [2.75, 3.05) is 13.1 Å². The molecule has 0 amide bonds. The van der Waals surface area contributed by atoms with Crippen molar-refractivity contribution in [3.63, 3.8) is 0 Å². The highest BCUT2D eigenvalue weighted by molar-refractivity contribution is 5.21. The first-order valence-electron chi connectivity index (χ1n) is 10.7. The van der Waals surface area contributed by atoms with E-state index in [-0.39, 0.29) is 6.10 Å². The molecule has 0 radical (unpaired) electrons. The van der Waals surface area contributed by atoms with Crippen molar-refractivity contribution >= 4 is 0 Å². The molecule has 0 aliphatic carbocycles. The lowest BCUT2D eigenvalue weighted by Crippen LogP contribution is -2.37. The van der Waals surface area contributed by atoms with E-state index >= 15 is 0 Å². The molecule has 2 aromatic carbocycles. The largest absolute Gasteiger partial charge is 0.485 e. The Bertz CT molecular complexity index is 877. The quantitative estimate of drug-likeness (QED) is 0.581. The van der Waals surface area contributed by atoms with Gasteiger partial charge in [0.1, 0.15) is 5.75 Å². The minimum Gasteiger partial charge on any atom is -0.485 e. The average molecular weight is 408 g/mol.